The van der Waals surface area contributed by atoms with Gasteiger partial charge in [0.25, 0.3) is 5.91 Å². The van der Waals surface area contributed by atoms with E-state index in [4.69, 9.17) is 4.74 Å². The normalized spacial score (nSPS) is 11.3. The third kappa shape index (κ3) is 7.19. The van der Waals surface area contributed by atoms with E-state index in [1.807, 2.05) is 38.1 Å². The Balaban J connectivity index is 1.32. The van der Waals surface area contributed by atoms with Crippen molar-refractivity contribution in [1.29, 1.82) is 0 Å². The first-order chi connectivity index (χ1) is 18.9. The van der Waals surface area contributed by atoms with Gasteiger partial charge in [0, 0.05) is 30.6 Å². The lowest BCUT2D eigenvalue weighted by atomic mass is 10.1. The van der Waals surface area contributed by atoms with E-state index in [2.05, 4.69) is 20.7 Å². The minimum Gasteiger partial charge on any atom is -0.494 e. The van der Waals surface area contributed by atoms with Gasteiger partial charge in [-0.05, 0) is 62.9 Å². The molecule has 0 bridgehead atoms. The molecule has 3 aromatic heterocycles. The minimum absolute atomic E-state index is 0.00210. The molecule has 4 rings (SSSR count). The molecular weight excluding hydrogens is 512 g/mol. The van der Waals surface area contributed by atoms with Gasteiger partial charge >= 0.3 is 6.09 Å². The Labute approximate surface area is 232 Å². The first-order valence-corrected chi connectivity index (χ1v) is 12.8. The number of aryl methyl sites for hydroxylation is 2. The zero-order valence-corrected chi connectivity index (χ0v) is 23.2. The Kier molecular flexibility index (Phi) is 8.13. The van der Waals surface area contributed by atoms with Gasteiger partial charge in [-0.25, -0.2) is 9.78 Å². The molecule has 40 heavy (non-hydrogen) atoms. The van der Waals surface area contributed by atoms with E-state index in [1.54, 1.807) is 37.7 Å². The van der Waals surface area contributed by atoms with Gasteiger partial charge in [-0.1, -0.05) is 24.3 Å². The molecule has 1 aromatic carbocycles. The first kappa shape index (κ1) is 28.2. The third-order valence-electron chi connectivity index (χ3n) is 6.15. The molecule has 0 atom stereocenters. The number of hydrogen-bond donors (Lipinski definition) is 4. The Morgan fingerprint density at radius 1 is 0.975 bits per heavy atom. The number of carbonyl (C=O) groups is 2. The number of hydrogen-bond acceptors (Lipinski definition) is 7. The summed E-state index contributed by atoms with van der Waals surface area (Å²) in [6.45, 7) is 10.2. The molecule has 3 heterocycles. The van der Waals surface area contributed by atoms with Crippen LogP contribution in [0.15, 0.2) is 54.9 Å². The molecule has 11 nitrogen and oxygen atoms in total. The predicted octanol–water partition coefficient (Wildman–Crippen LogP) is 4.48. The zero-order chi connectivity index (χ0) is 29.0. The van der Waals surface area contributed by atoms with Crippen LogP contribution in [-0.2, 0) is 24.4 Å². The van der Waals surface area contributed by atoms with Crippen molar-refractivity contribution in [2.75, 3.05) is 5.32 Å². The van der Waals surface area contributed by atoms with E-state index in [9.17, 15) is 19.8 Å². The van der Waals surface area contributed by atoms with Crippen LogP contribution in [-0.4, -0.2) is 47.1 Å². The molecule has 0 aliphatic carbocycles. The number of nitrogens with zero attached hydrogens (tertiary/aromatic N) is 4. The fraction of sp³-hybridized carbons (Fsp3) is 0.310. The van der Waals surface area contributed by atoms with E-state index >= 15 is 0 Å². The summed E-state index contributed by atoms with van der Waals surface area (Å²) in [5, 5.41) is 29.5. The van der Waals surface area contributed by atoms with Crippen LogP contribution in [0.4, 0.5) is 10.6 Å². The van der Waals surface area contributed by atoms with Gasteiger partial charge in [-0.3, -0.25) is 19.4 Å². The third-order valence-corrected chi connectivity index (χ3v) is 6.15. The molecule has 0 saturated heterocycles. The van der Waals surface area contributed by atoms with E-state index in [-0.39, 0.29) is 24.2 Å². The summed E-state index contributed by atoms with van der Waals surface area (Å²) in [7, 11) is 0. The molecule has 11 heteroatoms. The number of amides is 2. The Bertz CT molecular complexity index is 1470. The summed E-state index contributed by atoms with van der Waals surface area (Å²) in [5.41, 5.74) is 4.14. The Morgan fingerprint density at radius 3 is 2.20 bits per heavy atom. The molecule has 210 valence electrons. The van der Waals surface area contributed by atoms with Crippen molar-refractivity contribution >= 4 is 17.8 Å². The highest BCUT2D eigenvalue weighted by Crippen LogP contribution is 2.23. The van der Waals surface area contributed by atoms with Crippen LogP contribution in [0.25, 0.3) is 0 Å². The van der Waals surface area contributed by atoms with Crippen LogP contribution in [0.2, 0.25) is 0 Å². The lowest BCUT2D eigenvalue weighted by Crippen LogP contribution is -2.28. The summed E-state index contributed by atoms with van der Waals surface area (Å²) >= 11 is 0. The van der Waals surface area contributed by atoms with Gasteiger partial charge in [0.1, 0.15) is 11.4 Å². The summed E-state index contributed by atoms with van der Waals surface area (Å²) in [5.74, 6) is 0.118. The Hall–Kier alpha value is -4.80. The number of carbonyl (C=O) groups excluding carboxylic acids is 2. The molecular formula is C29H34N6O5. The largest absolute Gasteiger partial charge is 0.494 e. The summed E-state index contributed by atoms with van der Waals surface area (Å²) < 4.78 is 8.37. The molecule has 0 radical (unpaired) electrons. The minimum atomic E-state index is -0.614. The maximum atomic E-state index is 12.8. The lowest BCUT2D eigenvalue weighted by Gasteiger charge is -2.20. The van der Waals surface area contributed by atoms with Gasteiger partial charge in [0.2, 0.25) is 0 Å². The van der Waals surface area contributed by atoms with Crippen molar-refractivity contribution in [3.05, 3.63) is 88.4 Å². The lowest BCUT2D eigenvalue weighted by molar-refractivity contribution is 0.0635. The van der Waals surface area contributed by atoms with Crippen molar-refractivity contribution in [2.45, 2.75) is 59.9 Å². The number of anilines is 1. The topological polar surface area (TPSA) is 144 Å². The smallest absolute Gasteiger partial charge is 0.413 e. The van der Waals surface area contributed by atoms with Gasteiger partial charge < -0.3 is 20.3 Å². The van der Waals surface area contributed by atoms with Crippen LogP contribution >= 0.6 is 0 Å². The van der Waals surface area contributed by atoms with Crippen LogP contribution in [0, 0.1) is 13.8 Å². The quantitative estimate of drug-likeness (QED) is 0.255. The Morgan fingerprint density at radius 2 is 1.60 bits per heavy atom. The maximum Gasteiger partial charge on any atom is 0.413 e. The number of rotatable bonds is 8. The SMILES string of the molecule is Cc1cc(NC(=O)OC(C)(C)C)nc(C)c1CNC(=O)c1cnn(Cc2ccc(Cn3c(O)ccc3O)cc2)c1. The zero-order valence-electron chi connectivity index (χ0n) is 23.2. The monoisotopic (exact) mass is 546 g/mol. The maximum absolute atomic E-state index is 12.8. The second-order valence-electron chi connectivity index (χ2n) is 10.6. The fourth-order valence-corrected chi connectivity index (χ4v) is 4.16. The molecule has 4 N–H and O–H groups in total. The molecule has 2 amide bonds. The molecule has 0 aliphatic rings. The van der Waals surface area contributed by atoms with Gasteiger partial charge in [-0.2, -0.15) is 5.10 Å². The van der Waals surface area contributed by atoms with E-state index in [0.717, 1.165) is 22.3 Å². The van der Waals surface area contributed by atoms with Gasteiger partial charge in [0.15, 0.2) is 11.8 Å². The van der Waals surface area contributed by atoms with Crippen molar-refractivity contribution in [3.8, 4) is 11.8 Å². The number of pyridine rings is 1. The molecule has 0 saturated carbocycles. The van der Waals surface area contributed by atoms with Crippen molar-refractivity contribution in [2.24, 2.45) is 0 Å². The number of aromatic hydroxyl groups is 2. The first-order valence-electron chi connectivity index (χ1n) is 12.8. The molecule has 0 fully saturated rings. The van der Waals surface area contributed by atoms with E-state index < -0.39 is 11.7 Å². The van der Waals surface area contributed by atoms with Gasteiger partial charge in [-0.15, -0.1) is 0 Å². The average Bonchev–Trinajstić information content (AvgIpc) is 3.45. The molecule has 4 aromatic rings. The van der Waals surface area contributed by atoms with Crippen molar-refractivity contribution < 1.29 is 24.5 Å². The van der Waals surface area contributed by atoms with E-state index in [0.29, 0.717) is 30.2 Å². The molecule has 0 unspecified atom stereocenters. The number of benzene rings is 1. The van der Waals surface area contributed by atoms with Crippen molar-refractivity contribution in [3.63, 3.8) is 0 Å². The van der Waals surface area contributed by atoms with Crippen LogP contribution in [0.1, 0.15) is 59.1 Å². The average molecular weight is 547 g/mol. The van der Waals surface area contributed by atoms with Crippen molar-refractivity contribution in [1.82, 2.24) is 24.6 Å². The molecule has 0 aliphatic heterocycles. The summed E-state index contributed by atoms with van der Waals surface area (Å²) in [6, 6.07) is 12.3. The van der Waals surface area contributed by atoms with Crippen LogP contribution < -0.4 is 10.6 Å². The molecule has 0 spiro atoms. The van der Waals surface area contributed by atoms with Gasteiger partial charge in [0.05, 0.1) is 24.8 Å². The summed E-state index contributed by atoms with van der Waals surface area (Å²) in [6.07, 6.45) is 2.63. The fourth-order valence-electron chi connectivity index (χ4n) is 4.16. The second kappa shape index (κ2) is 11.5. The number of aromatic nitrogens is 4. The van der Waals surface area contributed by atoms with Crippen LogP contribution in [0.3, 0.4) is 0 Å². The van der Waals surface area contributed by atoms with Crippen LogP contribution in [0.5, 0.6) is 11.8 Å². The summed E-state index contributed by atoms with van der Waals surface area (Å²) in [4.78, 5) is 29.3. The second-order valence-corrected chi connectivity index (χ2v) is 10.6. The highest BCUT2D eigenvalue weighted by molar-refractivity contribution is 5.93. The highest BCUT2D eigenvalue weighted by atomic mass is 16.6. The standard InChI is InChI=1S/C29H34N6O5/c1-18-12-24(33-28(39)40-29(3,4)5)32-19(2)23(18)14-30-27(38)22-13-31-34(17-22)15-20-6-8-21(9-7-20)16-35-25(36)10-11-26(35)37/h6-13,17,36-37H,14-16H2,1-5H3,(H,30,38)(H,32,33,39). The number of ether oxygens (including phenoxy) is 1. The highest BCUT2D eigenvalue weighted by Gasteiger charge is 2.18. The number of nitrogens with one attached hydrogen (secondary N) is 2. The van der Waals surface area contributed by atoms with E-state index in [1.165, 1.54) is 22.9 Å². The predicted molar refractivity (Wildman–Crippen MR) is 149 cm³/mol.